The number of furan rings is 1. The van der Waals surface area contributed by atoms with Crippen LogP contribution in [0.1, 0.15) is 31.3 Å². The van der Waals surface area contributed by atoms with E-state index in [4.69, 9.17) is 9.52 Å². The Hall–Kier alpha value is -0.840. The predicted octanol–water partition coefficient (Wildman–Crippen LogP) is 1.35. The summed E-state index contributed by atoms with van der Waals surface area (Å²) in [6.45, 7) is 6.17. The van der Waals surface area contributed by atoms with Crippen LogP contribution in [0.3, 0.4) is 0 Å². The van der Waals surface area contributed by atoms with Crippen molar-refractivity contribution < 1.29 is 9.52 Å². The summed E-state index contributed by atoms with van der Waals surface area (Å²) >= 11 is 0. The van der Waals surface area contributed by atoms with Gasteiger partial charge in [-0.25, -0.2) is 0 Å². The van der Waals surface area contributed by atoms with Gasteiger partial charge in [-0.15, -0.1) is 0 Å². The van der Waals surface area contributed by atoms with Crippen molar-refractivity contribution in [2.45, 2.75) is 39.0 Å². The zero-order chi connectivity index (χ0) is 12.1. The van der Waals surface area contributed by atoms with Crippen LogP contribution in [-0.4, -0.2) is 35.7 Å². The minimum atomic E-state index is -0.0225. The van der Waals surface area contributed by atoms with Crippen molar-refractivity contribution in [2.24, 2.45) is 0 Å². The Morgan fingerprint density at radius 3 is 2.76 bits per heavy atom. The first-order chi connectivity index (χ1) is 8.33. The molecular weight excluding hydrogens is 216 g/mol. The Labute approximate surface area is 103 Å². The molecule has 0 spiro atoms. The summed E-state index contributed by atoms with van der Waals surface area (Å²) in [5.41, 5.74) is 0. The number of rotatable bonds is 8. The molecule has 0 bridgehead atoms. The lowest BCUT2D eigenvalue weighted by Gasteiger charge is -2.19. The minimum absolute atomic E-state index is 0.0225. The number of nitrogens with one attached hydrogen (secondary N) is 1. The number of nitrogens with zero attached hydrogens (tertiary/aromatic N) is 1. The molecule has 1 aromatic heterocycles. The first-order valence-corrected chi connectivity index (χ1v) is 6.46. The molecule has 2 N–H and O–H groups in total. The molecular formula is C13H22N2O2. The maximum absolute atomic E-state index is 8.87. The second kappa shape index (κ2) is 6.19. The lowest BCUT2D eigenvalue weighted by molar-refractivity contribution is 0.241. The number of likely N-dealkylation sites (N-methyl/N-ethyl adjacent to an activating group) is 1. The van der Waals surface area contributed by atoms with Crippen molar-refractivity contribution in [3.63, 3.8) is 0 Å². The predicted molar refractivity (Wildman–Crippen MR) is 66.6 cm³/mol. The van der Waals surface area contributed by atoms with Crippen LogP contribution in [0.4, 0.5) is 0 Å². The van der Waals surface area contributed by atoms with Crippen LogP contribution >= 0.6 is 0 Å². The van der Waals surface area contributed by atoms with E-state index in [-0.39, 0.29) is 6.61 Å². The van der Waals surface area contributed by atoms with E-state index in [0.717, 1.165) is 38.0 Å². The molecule has 1 fully saturated rings. The zero-order valence-electron chi connectivity index (χ0n) is 10.5. The van der Waals surface area contributed by atoms with Crippen LogP contribution in [0.25, 0.3) is 0 Å². The van der Waals surface area contributed by atoms with Crippen LogP contribution in [0.15, 0.2) is 16.5 Å². The molecule has 1 aliphatic carbocycles. The average Bonchev–Trinajstić information content (AvgIpc) is 3.08. The minimum Gasteiger partial charge on any atom is -0.462 e. The first-order valence-electron chi connectivity index (χ1n) is 6.46. The fourth-order valence-corrected chi connectivity index (χ4v) is 2.08. The second-order valence-corrected chi connectivity index (χ2v) is 4.56. The third-order valence-electron chi connectivity index (χ3n) is 3.22. The molecule has 4 nitrogen and oxygen atoms in total. The topological polar surface area (TPSA) is 48.6 Å². The fourth-order valence-electron chi connectivity index (χ4n) is 2.08. The molecule has 1 heterocycles. The Morgan fingerprint density at radius 1 is 1.41 bits per heavy atom. The fraction of sp³-hybridized carbons (Fsp3) is 0.692. The Kier molecular flexibility index (Phi) is 4.59. The summed E-state index contributed by atoms with van der Waals surface area (Å²) in [4.78, 5) is 2.52. The lowest BCUT2D eigenvalue weighted by atomic mass is 10.4. The van der Waals surface area contributed by atoms with E-state index in [1.807, 2.05) is 12.1 Å². The number of hydrogen-bond acceptors (Lipinski definition) is 4. The van der Waals surface area contributed by atoms with Gasteiger partial charge in [0.25, 0.3) is 0 Å². The van der Waals surface area contributed by atoms with Gasteiger partial charge in [0.2, 0.25) is 0 Å². The first kappa shape index (κ1) is 12.6. The number of aliphatic hydroxyl groups excluding tert-OH is 1. The molecule has 0 saturated heterocycles. The molecule has 0 aromatic carbocycles. The molecule has 4 heteroatoms. The van der Waals surface area contributed by atoms with E-state index in [2.05, 4.69) is 17.1 Å². The van der Waals surface area contributed by atoms with Crippen LogP contribution in [0, 0.1) is 0 Å². The molecule has 0 amide bonds. The maximum atomic E-state index is 8.87. The molecule has 0 aliphatic heterocycles. The number of hydrogen-bond donors (Lipinski definition) is 2. The molecule has 2 rings (SSSR count). The van der Waals surface area contributed by atoms with E-state index < -0.39 is 0 Å². The Balaban J connectivity index is 1.62. The van der Waals surface area contributed by atoms with Crippen molar-refractivity contribution in [2.75, 3.05) is 19.6 Å². The maximum Gasteiger partial charge on any atom is 0.129 e. The highest BCUT2D eigenvalue weighted by molar-refractivity contribution is 5.05. The zero-order valence-corrected chi connectivity index (χ0v) is 10.5. The van der Waals surface area contributed by atoms with Crippen LogP contribution in [0.2, 0.25) is 0 Å². The SMILES string of the molecule is CCN(CCNCc1ccc(CO)o1)C1CC1. The summed E-state index contributed by atoms with van der Waals surface area (Å²) in [5.74, 6) is 1.53. The quantitative estimate of drug-likeness (QED) is 0.671. The van der Waals surface area contributed by atoms with E-state index in [1.165, 1.54) is 12.8 Å². The molecule has 0 unspecified atom stereocenters. The van der Waals surface area contributed by atoms with Crippen molar-refractivity contribution >= 4 is 0 Å². The summed E-state index contributed by atoms with van der Waals surface area (Å²) < 4.78 is 5.40. The van der Waals surface area contributed by atoms with E-state index in [0.29, 0.717) is 5.76 Å². The van der Waals surface area contributed by atoms with Gasteiger partial charge in [0, 0.05) is 19.1 Å². The molecule has 1 aromatic rings. The standard InChI is InChI=1S/C13H22N2O2/c1-2-15(11-3-4-11)8-7-14-9-12-5-6-13(10-16)17-12/h5-6,11,14,16H,2-4,7-10H2,1H3. The van der Waals surface area contributed by atoms with Crippen molar-refractivity contribution in [1.82, 2.24) is 10.2 Å². The van der Waals surface area contributed by atoms with Crippen molar-refractivity contribution in [3.05, 3.63) is 23.7 Å². The summed E-state index contributed by atoms with van der Waals surface area (Å²) in [6.07, 6.45) is 2.73. The average molecular weight is 238 g/mol. The lowest BCUT2D eigenvalue weighted by Crippen LogP contribution is -2.33. The highest BCUT2D eigenvalue weighted by atomic mass is 16.4. The summed E-state index contributed by atoms with van der Waals surface area (Å²) in [7, 11) is 0. The Morgan fingerprint density at radius 2 is 2.18 bits per heavy atom. The largest absolute Gasteiger partial charge is 0.462 e. The van der Waals surface area contributed by atoms with Crippen molar-refractivity contribution in [1.29, 1.82) is 0 Å². The third kappa shape index (κ3) is 3.84. The van der Waals surface area contributed by atoms with Gasteiger partial charge in [0.05, 0.1) is 6.54 Å². The Bertz CT molecular complexity index is 334. The summed E-state index contributed by atoms with van der Waals surface area (Å²) in [5, 5.41) is 12.2. The van der Waals surface area contributed by atoms with E-state index in [9.17, 15) is 0 Å². The monoisotopic (exact) mass is 238 g/mol. The van der Waals surface area contributed by atoms with Crippen LogP contribution < -0.4 is 5.32 Å². The normalized spacial score (nSPS) is 15.7. The van der Waals surface area contributed by atoms with E-state index >= 15 is 0 Å². The molecule has 1 saturated carbocycles. The molecule has 96 valence electrons. The molecule has 1 aliphatic rings. The van der Waals surface area contributed by atoms with Gasteiger partial charge in [0.1, 0.15) is 18.1 Å². The van der Waals surface area contributed by atoms with Crippen molar-refractivity contribution in [3.8, 4) is 0 Å². The van der Waals surface area contributed by atoms with E-state index in [1.54, 1.807) is 0 Å². The molecule has 0 atom stereocenters. The van der Waals surface area contributed by atoms with Gasteiger partial charge in [-0.05, 0) is 31.5 Å². The van der Waals surface area contributed by atoms with Crippen LogP contribution in [-0.2, 0) is 13.2 Å². The second-order valence-electron chi connectivity index (χ2n) is 4.56. The highest BCUT2D eigenvalue weighted by Gasteiger charge is 2.26. The smallest absolute Gasteiger partial charge is 0.129 e. The van der Waals surface area contributed by atoms with Gasteiger partial charge in [0.15, 0.2) is 0 Å². The van der Waals surface area contributed by atoms with Gasteiger partial charge in [-0.1, -0.05) is 6.92 Å². The third-order valence-corrected chi connectivity index (χ3v) is 3.22. The summed E-state index contributed by atoms with van der Waals surface area (Å²) in [6, 6.07) is 4.57. The van der Waals surface area contributed by atoms with Gasteiger partial charge in [-0.3, -0.25) is 4.90 Å². The highest BCUT2D eigenvalue weighted by Crippen LogP contribution is 2.25. The van der Waals surface area contributed by atoms with Gasteiger partial charge < -0.3 is 14.8 Å². The molecule has 17 heavy (non-hydrogen) atoms. The number of aliphatic hydroxyl groups is 1. The van der Waals surface area contributed by atoms with Gasteiger partial charge >= 0.3 is 0 Å². The molecule has 0 radical (unpaired) electrons. The van der Waals surface area contributed by atoms with Crippen LogP contribution in [0.5, 0.6) is 0 Å². The van der Waals surface area contributed by atoms with Gasteiger partial charge in [-0.2, -0.15) is 0 Å².